The van der Waals surface area contributed by atoms with Crippen LogP contribution < -0.4 is 5.32 Å². The number of nitrogens with zero attached hydrogens (tertiary/aromatic N) is 1. The van der Waals surface area contributed by atoms with E-state index in [1.165, 1.54) is 0 Å². The summed E-state index contributed by atoms with van der Waals surface area (Å²) in [5.74, 6) is 0. The molecule has 19 heavy (non-hydrogen) atoms. The van der Waals surface area contributed by atoms with Gasteiger partial charge in [-0.15, -0.1) is 0 Å². The molecule has 1 unspecified atom stereocenters. The van der Waals surface area contributed by atoms with E-state index >= 15 is 0 Å². The van der Waals surface area contributed by atoms with Crippen molar-refractivity contribution >= 4 is 0 Å². The van der Waals surface area contributed by atoms with Gasteiger partial charge in [-0.1, -0.05) is 6.42 Å². The lowest BCUT2D eigenvalue weighted by Gasteiger charge is -2.35. The van der Waals surface area contributed by atoms with Gasteiger partial charge in [0.1, 0.15) is 6.61 Å². The van der Waals surface area contributed by atoms with Crippen LogP contribution in [0.4, 0.5) is 13.2 Å². The number of alkyl halides is 3. The van der Waals surface area contributed by atoms with E-state index in [0.717, 1.165) is 38.9 Å². The van der Waals surface area contributed by atoms with Gasteiger partial charge in [0.25, 0.3) is 0 Å². The second-order valence-electron chi connectivity index (χ2n) is 4.75. The molecule has 7 heteroatoms. The molecule has 0 aliphatic carbocycles. The molecule has 0 aromatic carbocycles. The molecule has 114 valence electrons. The van der Waals surface area contributed by atoms with Crippen LogP contribution >= 0.6 is 0 Å². The number of likely N-dealkylation sites (tertiary alicyclic amines) is 1. The van der Waals surface area contributed by atoms with E-state index < -0.39 is 12.8 Å². The Kier molecular flexibility index (Phi) is 7.67. The van der Waals surface area contributed by atoms with Crippen LogP contribution in [0.25, 0.3) is 0 Å². The van der Waals surface area contributed by atoms with Crippen molar-refractivity contribution in [2.45, 2.75) is 31.5 Å². The van der Waals surface area contributed by atoms with Crippen LogP contribution in [0.2, 0.25) is 0 Å². The van der Waals surface area contributed by atoms with Crippen molar-refractivity contribution in [3.8, 4) is 0 Å². The summed E-state index contributed by atoms with van der Waals surface area (Å²) in [6, 6.07) is 0.249. The van der Waals surface area contributed by atoms with Crippen molar-refractivity contribution in [1.82, 2.24) is 10.2 Å². The number of ether oxygens (including phenoxy) is 2. The first-order chi connectivity index (χ1) is 9.03. The Morgan fingerprint density at radius 2 is 2.11 bits per heavy atom. The Balaban J connectivity index is 2.23. The van der Waals surface area contributed by atoms with Gasteiger partial charge >= 0.3 is 6.18 Å². The summed E-state index contributed by atoms with van der Waals surface area (Å²) in [6.45, 7) is 1.83. The zero-order valence-corrected chi connectivity index (χ0v) is 11.3. The van der Waals surface area contributed by atoms with Gasteiger partial charge in [0.05, 0.1) is 13.3 Å². The lowest BCUT2D eigenvalue weighted by Crippen LogP contribution is -2.47. The second kappa shape index (κ2) is 8.73. The van der Waals surface area contributed by atoms with Gasteiger partial charge in [-0.05, 0) is 12.8 Å². The van der Waals surface area contributed by atoms with Crippen LogP contribution in [0, 0.1) is 0 Å². The highest BCUT2D eigenvalue weighted by Crippen LogP contribution is 2.18. The zero-order chi connectivity index (χ0) is 14.1. The van der Waals surface area contributed by atoms with Crippen LogP contribution in [0.3, 0.4) is 0 Å². The van der Waals surface area contributed by atoms with Crippen molar-refractivity contribution < 1.29 is 22.6 Å². The molecule has 1 heterocycles. The molecule has 1 saturated heterocycles. The van der Waals surface area contributed by atoms with E-state index in [1.54, 1.807) is 7.11 Å². The smallest absolute Gasteiger partial charge is 0.383 e. The molecule has 1 aliphatic rings. The Morgan fingerprint density at radius 3 is 2.79 bits per heavy atom. The third kappa shape index (κ3) is 7.71. The van der Waals surface area contributed by atoms with E-state index in [0.29, 0.717) is 6.61 Å². The maximum Gasteiger partial charge on any atom is 0.411 e. The van der Waals surface area contributed by atoms with Crippen LogP contribution in [0.5, 0.6) is 0 Å². The fraction of sp³-hybridized carbons (Fsp3) is 1.00. The van der Waals surface area contributed by atoms with Gasteiger partial charge in [0.2, 0.25) is 0 Å². The van der Waals surface area contributed by atoms with Crippen molar-refractivity contribution in [3.05, 3.63) is 0 Å². The molecule has 0 saturated carbocycles. The minimum absolute atomic E-state index is 0.0517. The predicted molar refractivity (Wildman–Crippen MR) is 66.0 cm³/mol. The largest absolute Gasteiger partial charge is 0.411 e. The SMILES string of the molecule is COCCNCC1CCCCN1COCC(F)(F)F. The van der Waals surface area contributed by atoms with E-state index in [-0.39, 0.29) is 12.8 Å². The first-order valence-electron chi connectivity index (χ1n) is 6.61. The molecule has 0 bridgehead atoms. The molecule has 0 radical (unpaired) electrons. The lowest BCUT2D eigenvalue weighted by molar-refractivity contribution is -0.186. The quantitative estimate of drug-likeness (QED) is 0.687. The van der Waals surface area contributed by atoms with Crippen molar-refractivity contribution in [1.29, 1.82) is 0 Å². The molecule has 0 aromatic heterocycles. The highest BCUT2D eigenvalue weighted by molar-refractivity contribution is 4.77. The molecule has 1 atom stereocenters. The third-order valence-corrected chi connectivity index (χ3v) is 3.13. The molecule has 1 rings (SSSR count). The molecular weight excluding hydrogens is 261 g/mol. The van der Waals surface area contributed by atoms with E-state index in [2.05, 4.69) is 5.32 Å². The summed E-state index contributed by atoms with van der Waals surface area (Å²) in [7, 11) is 1.64. The van der Waals surface area contributed by atoms with E-state index in [4.69, 9.17) is 9.47 Å². The Labute approximate surface area is 112 Å². The highest BCUT2D eigenvalue weighted by atomic mass is 19.4. The van der Waals surface area contributed by atoms with Gasteiger partial charge in [0.15, 0.2) is 0 Å². The van der Waals surface area contributed by atoms with Crippen LogP contribution in [0.15, 0.2) is 0 Å². The number of piperidine rings is 1. The predicted octanol–water partition coefficient (Wildman–Crippen LogP) is 1.61. The first kappa shape index (κ1) is 16.7. The maximum atomic E-state index is 12.0. The summed E-state index contributed by atoms with van der Waals surface area (Å²) in [5, 5.41) is 3.25. The van der Waals surface area contributed by atoms with Gasteiger partial charge in [-0.3, -0.25) is 4.90 Å². The molecule has 1 N–H and O–H groups in total. The van der Waals surface area contributed by atoms with Gasteiger partial charge in [-0.2, -0.15) is 13.2 Å². The average molecular weight is 284 g/mol. The number of halogens is 3. The summed E-state index contributed by atoms with van der Waals surface area (Å²) >= 11 is 0. The number of rotatable bonds is 8. The normalized spacial score (nSPS) is 21.8. The summed E-state index contributed by atoms with van der Waals surface area (Å²) in [4.78, 5) is 1.98. The van der Waals surface area contributed by atoms with Crippen LogP contribution in [-0.2, 0) is 9.47 Å². The van der Waals surface area contributed by atoms with Crippen molar-refractivity contribution in [3.63, 3.8) is 0 Å². The molecule has 1 fully saturated rings. The third-order valence-electron chi connectivity index (χ3n) is 3.13. The van der Waals surface area contributed by atoms with Crippen LogP contribution in [0.1, 0.15) is 19.3 Å². The minimum atomic E-state index is -4.25. The molecule has 0 aromatic rings. The number of methoxy groups -OCH3 is 1. The number of hydrogen-bond acceptors (Lipinski definition) is 4. The fourth-order valence-electron chi connectivity index (χ4n) is 2.18. The average Bonchev–Trinajstić information content (AvgIpc) is 2.35. The summed E-state index contributed by atoms with van der Waals surface area (Å²) < 4.78 is 45.8. The number of nitrogens with one attached hydrogen (secondary N) is 1. The molecule has 0 amide bonds. The monoisotopic (exact) mass is 284 g/mol. The summed E-state index contributed by atoms with van der Waals surface area (Å²) in [6.07, 6.45) is -1.12. The van der Waals surface area contributed by atoms with E-state index in [1.807, 2.05) is 4.90 Å². The molecule has 4 nitrogen and oxygen atoms in total. The maximum absolute atomic E-state index is 12.0. The number of hydrogen-bond donors (Lipinski definition) is 1. The standard InChI is InChI=1S/C12H23F3N2O2/c1-18-7-5-16-8-11-4-2-3-6-17(11)10-19-9-12(13,14)15/h11,16H,2-10H2,1H3. The molecular formula is C12H23F3N2O2. The van der Waals surface area contributed by atoms with Gasteiger partial charge in [-0.25, -0.2) is 0 Å². The Morgan fingerprint density at radius 1 is 1.32 bits per heavy atom. The van der Waals surface area contributed by atoms with Gasteiger partial charge < -0.3 is 14.8 Å². The summed E-state index contributed by atoms with van der Waals surface area (Å²) in [5.41, 5.74) is 0. The highest BCUT2D eigenvalue weighted by Gasteiger charge is 2.29. The van der Waals surface area contributed by atoms with E-state index in [9.17, 15) is 13.2 Å². The molecule has 1 aliphatic heterocycles. The van der Waals surface area contributed by atoms with Crippen molar-refractivity contribution in [2.75, 3.05) is 46.7 Å². The topological polar surface area (TPSA) is 33.7 Å². The lowest BCUT2D eigenvalue weighted by atomic mass is 10.0. The van der Waals surface area contributed by atoms with Crippen molar-refractivity contribution in [2.24, 2.45) is 0 Å². The second-order valence-corrected chi connectivity index (χ2v) is 4.75. The Hall–Kier alpha value is -0.370. The first-order valence-corrected chi connectivity index (χ1v) is 6.61. The molecule has 0 spiro atoms. The minimum Gasteiger partial charge on any atom is -0.383 e. The van der Waals surface area contributed by atoms with Crippen LogP contribution in [-0.4, -0.2) is 63.8 Å². The van der Waals surface area contributed by atoms with Gasteiger partial charge in [0, 0.05) is 32.8 Å². The fourth-order valence-corrected chi connectivity index (χ4v) is 2.18. The Bertz CT molecular complexity index is 240. The zero-order valence-electron chi connectivity index (χ0n) is 11.3.